The lowest BCUT2D eigenvalue weighted by molar-refractivity contribution is -0.185. The molecule has 1 saturated heterocycles. The molecule has 2 aromatic heterocycles. The Bertz CT molecular complexity index is 1540. The van der Waals surface area contributed by atoms with Gasteiger partial charge in [-0.2, -0.15) is 0 Å². The fraction of sp³-hybridized carbons (Fsp3) is 0.290. The molecule has 43 heavy (non-hydrogen) atoms. The number of carbonyl (C=O) groups is 3. The van der Waals surface area contributed by atoms with E-state index in [1.807, 2.05) is 53.1 Å². The number of rotatable bonds is 11. The normalized spacial score (nSPS) is 14.5. The van der Waals surface area contributed by atoms with E-state index in [2.05, 4.69) is 15.7 Å². The molecule has 4 heterocycles. The fourth-order valence-corrected chi connectivity index (χ4v) is 5.66. The number of hydrazine groups is 1. The largest absolute Gasteiger partial charge is 0.455 e. The van der Waals surface area contributed by atoms with E-state index in [-0.39, 0.29) is 19.0 Å². The number of carbonyl (C=O) groups excluding carboxylic acids is 3. The van der Waals surface area contributed by atoms with Crippen molar-refractivity contribution >= 4 is 35.8 Å². The zero-order valence-corrected chi connectivity index (χ0v) is 24.5. The number of fused-ring (bicyclic) bond motifs is 3. The average Bonchev–Trinajstić information content (AvgIpc) is 3.68. The number of benzene rings is 2. The minimum absolute atomic E-state index is 0.132. The lowest BCUT2D eigenvalue weighted by Gasteiger charge is -2.33. The molecule has 2 aromatic carbocycles. The zero-order chi connectivity index (χ0) is 30.1. The molecular weight excluding hydrogens is 570 g/mol. The van der Waals surface area contributed by atoms with Gasteiger partial charge >= 0.3 is 0 Å². The average molecular weight is 604 g/mol. The highest BCUT2D eigenvalue weighted by atomic mass is 32.2. The molecule has 12 heteroatoms. The van der Waals surface area contributed by atoms with E-state index in [1.165, 1.54) is 5.01 Å². The summed E-state index contributed by atoms with van der Waals surface area (Å²) in [6.45, 7) is 1.74. The Morgan fingerprint density at radius 3 is 2.67 bits per heavy atom. The molecular formula is C31H33N5O6S. The fourth-order valence-electron chi connectivity index (χ4n) is 4.73. The van der Waals surface area contributed by atoms with Crippen molar-refractivity contribution in [3.8, 4) is 11.5 Å². The highest BCUT2D eigenvalue weighted by molar-refractivity contribution is 7.99. The number of aldehydes is 2. The van der Waals surface area contributed by atoms with Crippen LogP contribution in [0.15, 0.2) is 83.1 Å². The zero-order valence-electron chi connectivity index (χ0n) is 23.7. The molecule has 2 aliphatic heterocycles. The van der Waals surface area contributed by atoms with Crippen LogP contribution in [-0.4, -0.2) is 72.0 Å². The first-order valence-corrected chi connectivity index (χ1v) is 14.7. The molecule has 1 fully saturated rings. The van der Waals surface area contributed by atoms with Crippen LogP contribution in [0.4, 0.5) is 0 Å². The predicted molar refractivity (Wildman–Crippen MR) is 160 cm³/mol. The third kappa shape index (κ3) is 7.66. The van der Waals surface area contributed by atoms with Crippen molar-refractivity contribution in [2.75, 3.05) is 33.4 Å². The summed E-state index contributed by atoms with van der Waals surface area (Å²) in [6, 6.07) is 17.3. The Kier molecular flexibility index (Phi) is 10.2. The van der Waals surface area contributed by atoms with E-state index in [0.717, 1.165) is 44.9 Å². The number of aromatic nitrogens is 2. The van der Waals surface area contributed by atoms with Crippen molar-refractivity contribution in [3.63, 3.8) is 0 Å². The van der Waals surface area contributed by atoms with Gasteiger partial charge in [0.15, 0.2) is 5.79 Å². The van der Waals surface area contributed by atoms with E-state index < -0.39 is 5.79 Å². The minimum Gasteiger partial charge on any atom is -0.455 e. The van der Waals surface area contributed by atoms with Crippen LogP contribution in [0.1, 0.15) is 28.8 Å². The maximum Gasteiger partial charge on any atom is 0.250 e. The highest BCUT2D eigenvalue weighted by Crippen LogP contribution is 2.46. The summed E-state index contributed by atoms with van der Waals surface area (Å²) in [5.41, 5.74) is 5.85. The molecule has 0 aliphatic carbocycles. The van der Waals surface area contributed by atoms with Gasteiger partial charge in [-0.05, 0) is 49.0 Å². The van der Waals surface area contributed by atoms with E-state index in [4.69, 9.17) is 14.2 Å². The molecule has 1 amide bonds. The van der Waals surface area contributed by atoms with Crippen molar-refractivity contribution in [3.05, 3.63) is 84.4 Å². The Labute approximate surface area is 253 Å². The lowest BCUT2D eigenvalue weighted by Crippen LogP contribution is -2.54. The summed E-state index contributed by atoms with van der Waals surface area (Å²) >= 11 is 1.66. The third-order valence-corrected chi connectivity index (χ3v) is 7.92. The summed E-state index contributed by atoms with van der Waals surface area (Å²) in [6.07, 6.45) is 7.81. The van der Waals surface area contributed by atoms with Gasteiger partial charge in [0, 0.05) is 42.9 Å². The van der Waals surface area contributed by atoms with Crippen molar-refractivity contribution in [1.82, 2.24) is 25.1 Å². The quantitative estimate of drug-likeness (QED) is 0.170. The Morgan fingerprint density at radius 1 is 1.09 bits per heavy atom. The molecule has 11 nitrogen and oxygen atoms in total. The Morgan fingerprint density at radius 2 is 1.91 bits per heavy atom. The lowest BCUT2D eigenvalue weighted by atomic mass is 10.1. The van der Waals surface area contributed by atoms with E-state index in [9.17, 15) is 14.4 Å². The summed E-state index contributed by atoms with van der Waals surface area (Å²) in [5.74, 6) is 0.524. The SMILES string of the molecule is CNCC(=O)N(CC1(CCC=O)OCCO1)NCc1cc2ccncn2c1.O=Cc1ccc2c(c1)Oc1ccccc1S2. The maximum absolute atomic E-state index is 12.5. The van der Waals surface area contributed by atoms with Crippen molar-refractivity contribution in [1.29, 1.82) is 0 Å². The second-order valence-electron chi connectivity index (χ2n) is 9.89. The number of nitrogens with one attached hydrogen (secondary N) is 2. The molecule has 0 radical (unpaired) electrons. The van der Waals surface area contributed by atoms with Gasteiger partial charge in [-0.25, -0.2) is 10.4 Å². The molecule has 0 unspecified atom stereocenters. The topological polar surface area (TPSA) is 124 Å². The smallest absolute Gasteiger partial charge is 0.250 e. The molecule has 2 N–H and O–H groups in total. The van der Waals surface area contributed by atoms with Crippen LogP contribution in [0.25, 0.3) is 5.52 Å². The van der Waals surface area contributed by atoms with Gasteiger partial charge in [0.1, 0.15) is 24.1 Å². The van der Waals surface area contributed by atoms with Crippen LogP contribution < -0.4 is 15.5 Å². The molecule has 0 saturated carbocycles. The number of likely N-dealkylation sites (N-methyl/N-ethyl adjacent to an activating group) is 1. The summed E-state index contributed by atoms with van der Waals surface area (Å²) in [4.78, 5) is 40.3. The Hall–Kier alpha value is -4.07. The van der Waals surface area contributed by atoms with E-state index in [0.29, 0.717) is 38.2 Å². The monoisotopic (exact) mass is 603 g/mol. The molecule has 4 aromatic rings. The predicted octanol–water partition coefficient (Wildman–Crippen LogP) is 3.87. The maximum atomic E-state index is 12.5. The molecule has 0 atom stereocenters. The first-order chi connectivity index (χ1) is 21.0. The minimum atomic E-state index is -0.952. The van der Waals surface area contributed by atoms with Gasteiger partial charge in [0.25, 0.3) is 5.91 Å². The second kappa shape index (κ2) is 14.4. The van der Waals surface area contributed by atoms with E-state index >= 15 is 0 Å². The van der Waals surface area contributed by atoms with Gasteiger partial charge in [0.05, 0.1) is 42.4 Å². The molecule has 0 spiro atoms. The third-order valence-electron chi connectivity index (χ3n) is 6.81. The molecule has 0 bridgehead atoms. The second-order valence-corrected chi connectivity index (χ2v) is 11.0. The van der Waals surface area contributed by atoms with Crippen LogP contribution in [-0.2, 0) is 25.6 Å². The number of amides is 1. The molecule has 224 valence electrons. The van der Waals surface area contributed by atoms with E-state index in [1.54, 1.807) is 43.5 Å². The first kappa shape index (κ1) is 30.4. The van der Waals surface area contributed by atoms with Crippen molar-refractivity contribution in [2.45, 2.75) is 35.0 Å². The molecule has 2 aliphatic rings. The van der Waals surface area contributed by atoms with Crippen LogP contribution in [0, 0.1) is 0 Å². The summed E-state index contributed by atoms with van der Waals surface area (Å²) in [5, 5.41) is 4.37. The van der Waals surface area contributed by atoms with Crippen LogP contribution in [0.2, 0.25) is 0 Å². The Balaban J connectivity index is 0.000000194. The number of nitrogens with zero attached hydrogens (tertiary/aromatic N) is 3. The standard InChI is InChI=1S/C18H25N5O4.C13H8O2S/c1-19-11-17(25)23(13-18(4-2-6-24)26-7-8-27-18)21-10-15-9-16-3-5-20-14-22(16)12-15;14-8-9-5-6-13-11(7-9)15-10-3-1-2-4-12(10)16-13/h3,5-6,9,12,14,19,21H,2,4,7-8,10-11,13H2,1H3;1-8H. The number of hydrogen-bond acceptors (Lipinski definition) is 10. The number of para-hydroxylation sites is 1. The van der Waals surface area contributed by atoms with Crippen LogP contribution in [0.3, 0.4) is 0 Å². The van der Waals surface area contributed by atoms with Gasteiger partial charge in [0.2, 0.25) is 0 Å². The first-order valence-electron chi connectivity index (χ1n) is 13.9. The van der Waals surface area contributed by atoms with Gasteiger partial charge in [-0.15, -0.1) is 0 Å². The van der Waals surface area contributed by atoms with Crippen molar-refractivity contribution in [2.24, 2.45) is 0 Å². The summed E-state index contributed by atoms with van der Waals surface area (Å²) < 4.78 is 19.2. The van der Waals surface area contributed by atoms with Crippen molar-refractivity contribution < 1.29 is 28.6 Å². The van der Waals surface area contributed by atoms with Gasteiger partial charge in [-0.3, -0.25) is 14.6 Å². The van der Waals surface area contributed by atoms with Gasteiger partial charge < -0.3 is 28.7 Å². The van der Waals surface area contributed by atoms with Gasteiger partial charge in [-0.1, -0.05) is 30.0 Å². The van der Waals surface area contributed by atoms with Crippen LogP contribution in [0.5, 0.6) is 11.5 Å². The number of hydrogen-bond donors (Lipinski definition) is 2. The molecule has 6 rings (SSSR count). The van der Waals surface area contributed by atoms with Crippen LogP contribution >= 0.6 is 11.8 Å². The summed E-state index contributed by atoms with van der Waals surface area (Å²) in [7, 11) is 1.72. The number of ether oxygens (including phenoxy) is 3. The highest BCUT2D eigenvalue weighted by Gasteiger charge is 2.39.